The zero-order chi connectivity index (χ0) is 29.7. The predicted molar refractivity (Wildman–Crippen MR) is 164 cm³/mol. The van der Waals surface area contributed by atoms with E-state index in [-0.39, 0.29) is 23.5 Å². The molecule has 0 fully saturated rings. The number of ketones is 1. The molecule has 0 aromatic heterocycles. The summed E-state index contributed by atoms with van der Waals surface area (Å²) >= 11 is 0. The molecule has 0 aliphatic carbocycles. The van der Waals surface area contributed by atoms with Gasteiger partial charge in [-0.05, 0) is 36.8 Å². The van der Waals surface area contributed by atoms with Crippen molar-refractivity contribution in [2.24, 2.45) is 0 Å². The molecule has 1 N–H and O–H groups in total. The van der Waals surface area contributed by atoms with Gasteiger partial charge in [-0.1, -0.05) is 103 Å². The fourth-order valence-corrected chi connectivity index (χ4v) is 4.79. The number of amides is 1. The van der Waals surface area contributed by atoms with Crippen LogP contribution in [-0.2, 0) is 9.53 Å². The van der Waals surface area contributed by atoms with E-state index in [0.29, 0.717) is 23.7 Å². The lowest BCUT2D eigenvalue weighted by atomic mass is 10.0. The minimum atomic E-state index is -0.538. The highest BCUT2D eigenvalue weighted by molar-refractivity contribution is 6.12. The molecule has 0 unspecified atom stereocenters. The number of hydrogen-bond acceptors (Lipinski definition) is 6. The summed E-state index contributed by atoms with van der Waals surface area (Å²) in [5, 5.41) is 2.67. The second-order valence-corrected chi connectivity index (χ2v) is 10.5. The third-order valence-electron chi connectivity index (χ3n) is 7.16. The van der Waals surface area contributed by atoms with Gasteiger partial charge >= 0.3 is 5.97 Å². The van der Waals surface area contributed by atoms with Crippen molar-refractivity contribution < 1.29 is 28.6 Å². The highest BCUT2D eigenvalue weighted by atomic mass is 16.5. The Balaban J connectivity index is 1.69. The van der Waals surface area contributed by atoms with E-state index in [1.165, 1.54) is 103 Å². The van der Waals surface area contributed by atoms with Gasteiger partial charge in [-0.15, -0.1) is 0 Å². The average Bonchev–Trinajstić information content (AvgIpc) is 2.98. The summed E-state index contributed by atoms with van der Waals surface area (Å²) in [5.41, 5.74) is 0.927. The van der Waals surface area contributed by atoms with Crippen LogP contribution in [0.25, 0.3) is 0 Å². The summed E-state index contributed by atoms with van der Waals surface area (Å²) in [6.45, 7) is 2.80. The zero-order valence-electron chi connectivity index (χ0n) is 25.3. The number of anilines is 1. The van der Waals surface area contributed by atoms with E-state index in [1.807, 2.05) is 6.07 Å². The molecule has 0 saturated carbocycles. The summed E-state index contributed by atoms with van der Waals surface area (Å²) < 4.78 is 15.9. The van der Waals surface area contributed by atoms with E-state index in [9.17, 15) is 14.4 Å². The van der Waals surface area contributed by atoms with Crippen LogP contribution in [-0.4, -0.2) is 38.5 Å². The van der Waals surface area contributed by atoms with Crippen molar-refractivity contribution in [2.45, 2.75) is 103 Å². The number of benzene rings is 2. The summed E-state index contributed by atoms with van der Waals surface area (Å²) in [4.78, 5) is 37.5. The van der Waals surface area contributed by atoms with Gasteiger partial charge in [-0.2, -0.15) is 0 Å². The molecule has 7 heteroatoms. The summed E-state index contributed by atoms with van der Waals surface area (Å²) in [6.07, 6.45) is 17.7. The molecule has 226 valence electrons. The Bertz CT molecular complexity index is 1070. The smallest absolute Gasteiger partial charge is 0.337 e. The fourth-order valence-electron chi connectivity index (χ4n) is 4.79. The Labute approximate surface area is 246 Å². The van der Waals surface area contributed by atoms with Crippen LogP contribution < -0.4 is 14.8 Å². The van der Waals surface area contributed by atoms with E-state index in [0.717, 1.165) is 12.8 Å². The molecule has 0 atom stereocenters. The average molecular weight is 568 g/mol. The van der Waals surface area contributed by atoms with Crippen LogP contribution in [0.1, 0.15) is 124 Å². The number of para-hydroxylation sites is 1. The lowest BCUT2D eigenvalue weighted by Crippen LogP contribution is -2.18. The molecule has 1 amide bonds. The van der Waals surface area contributed by atoms with Gasteiger partial charge in [0.05, 0.1) is 44.1 Å². The van der Waals surface area contributed by atoms with Crippen LogP contribution in [0.5, 0.6) is 11.5 Å². The number of unbranched alkanes of at least 4 members (excludes halogenated alkanes) is 13. The highest BCUT2D eigenvalue weighted by Crippen LogP contribution is 2.27. The first-order chi connectivity index (χ1) is 20.0. The lowest BCUT2D eigenvalue weighted by molar-refractivity contribution is -0.115. The van der Waals surface area contributed by atoms with E-state index < -0.39 is 11.9 Å². The van der Waals surface area contributed by atoms with Gasteiger partial charge in [0.15, 0.2) is 5.78 Å². The lowest BCUT2D eigenvalue weighted by Gasteiger charge is -2.13. The summed E-state index contributed by atoms with van der Waals surface area (Å²) in [5.74, 6) is -0.538. The summed E-state index contributed by atoms with van der Waals surface area (Å²) in [7, 11) is 2.74. The zero-order valence-corrected chi connectivity index (χ0v) is 25.3. The Morgan fingerprint density at radius 3 is 1.88 bits per heavy atom. The van der Waals surface area contributed by atoms with Crippen LogP contribution >= 0.6 is 0 Å². The molecular weight excluding hydrogens is 518 g/mol. The largest absolute Gasteiger partial charge is 0.495 e. The van der Waals surface area contributed by atoms with Crippen LogP contribution in [0.3, 0.4) is 0 Å². The molecule has 41 heavy (non-hydrogen) atoms. The van der Waals surface area contributed by atoms with E-state index in [2.05, 4.69) is 12.2 Å². The van der Waals surface area contributed by atoms with Crippen molar-refractivity contribution in [1.29, 1.82) is 0 Å². The van der Waals surface area contributed by atoms with Gasteiger partial charge in [0.1, 0.15) is 11.5 Å². The number of carbonyl (C=O) groups excluding carboxylic acids is 3. The maximum Gasteiger partial charge on any atom is 0.337 e. The van der Waals surface area contributed by atoms with Gasteiger partial charge < -0.3 is 19.5 Å². The fraction of sp³-hybridized carbons (Fsp3) is 0.559. The normalized spacial score (nSPS) is 10.7. The van der Waals surface area contributed by atoms with Gasteiger partial charge in [0.25, 0.3) is 0 Å². The summed E-state index contributed by atoms with van der Waals surface area (Å²) in [6, 6.07) is 11.6. The maximum atomic E-state index is 13.0. The molecule has 2 rings (SSSR count). The van der Waals surface area contributed by atoms with Crippen molar-refractivity contribution in [1.82, 2.24) is 0 Å². The van der Waals surface area contributed by atoms with Crippen molar-refractivity contribution in [3.05, 3.63) is 53.6 Å². The third kappa shape index (κ3) is 13.2. The minimum Gasteiger partial charge on any atom is -0.495 e. The van der Waals surface area contributed by atoms with E-state index in [1.54, 1.807) is 24.3 Å². The minimum absolute atomic E-state index is 0.261. The first-order valence-corrected chi connectivity index (χ1v) is 15.3. The molecule has 0 heterocycles. The molecule has 2 aromatic rings. The quantitative estimate of drug-likeness (QED) is 0.0663. The number of nitrogens with one attached hydrogen (secondary N) is 1. The van der Waals surface area contributed by atoms with Crippen LogP contribution in [0.15, 0.2) is 42.5 Å². The number of rotatable bonds is 22. The first-order valence-electron chi connectivity index (χ1n) is 15.3. The third-order valence-corrected chi connectivity index (χ3v) is 7.16. The highest BCUT2D eigenvalue weighted by Gasteiger charge is 2.18. The molecule has 0 spiro atoms. The van der Waals surface area contributed by atoms with Crippen molar-refractivity contribution in [2.75, 3.05) is 26.1 Å². The van der Waals surface area contributed by atoms with E-state index in [4.69, 9.17) is 14.2 Å². The van der Waals surface area contributed by atoms with Crippen LogP contribution in [0, 0.1) is 0 Å². The molecule has 0 radical (unpaired) electrons. The molecule has 0 bridgehead atoms. The van der Waals surface area contributed by atoms with Gasteiger partial charge in [0, 0.05) is 0 Å². The topological polar surface area (TPSA) is 90.9 Å². The second-order valence-electron chi connectivity index (χ2n) is 10.5. The number of ether oxygens (including phenoxy) is 3. The Kier molecular flexibility index (Phi) is 16.9. The molecule has 2 aromatic carbocycles. The Morgan fingerprint density at radius 1 is 0.707 bits per heavy atom. The van der Waals surface area contributed by atoms with Crippen molar-refractivity contribution >= 4 is 23.3 Å². The van der Waals surface area contributed by atoms with Gasteiger partial charge in [0.2, 0.25) is 5.91 Å². The van der Waals surface area contributed by atoms with E-state index >= 15 is 0 Å². The van der Waals surface area contributed by atoms with Gasteiger partial charge in [-0.25, -0.2) is 4.79 Å². The molecular formula is C34H49NO6. The van der Waals surface area contributed by atoms with Gasteiger partial charge in [-0.3, -0.25) is 9.59 Å². The molecule has 0 aliphatic rings. The standard InChI is InChI=1S/C34H49NO6/c1-4-5-6-7-8-9-10-11-12-13-14-15-16-19-24-41-31-21-18-17-20-28(31)30(36)26-33(37)35-29-25-27(34(38)40-3)22-23-32(29)39-2/h17-18,20-23,25H,4-16,19,24,26H2,1-3H3,(H,35,37). The second kappa shape index (κ2) is 20.5. The number of methoxy groups -OCH3 is 2. The molecule has 0 aliphatic heterocycles. The SMILES string of the molecule is CCCCCCCCCCCCCCCCOc1ccccc1C(=O)CC(=O)Nc1cc(C(=O)OC)ccc1OC. The number of esters is 1. The Morgan fingerprint density at radius 2 is 1.29 bits per heavy atom. The number of hydrogen-bond donors (Lipinski definition) is 1. The number of carbonyl (C=O) groups is 3. The molecule has 0 saturated heterocycles. The maximum absolute atomic E-state index is 13.0. The predicted octanol–water partition coefficient (Wildman–Crippen LogP) is 8.55. The van der Waals surface area contributed by atoms with Crippen molar-refractivity contribution in [3.63, 3.8) is 0 Å². The monoisotopic (exact) mass is 567 g/mol. The van der Waals surface area contributed by atoms with Crippen LogP contribution in [0.4, 0.5) is 5.69 Å². The van der Waals surface area contributed by atoms with Crippen LogP contribution in [0.2, 0.25) is 0 Å². The first kappa shape index (κ1) is 33.9. The number of Topliss-reactive ketones (excluding diaryl/α,β-unsaturated/α-hetero) is 1. The van der Waals surface area contributed by atoms with Crippen molar-refractivity contribution in [3.8, 4) is 11.5 Å². The Hall–Kier alpha value is -3.35. The molecule has 7 nitrogen and oxygen atoms in total.